The molecule has 15 heteroatoms. The molecule has 0 heterocycles. The minimum atomic E-state index is -1.37. The molecule has 12 N–H and O–H groups in total. The van der Waals surface area contributed by atoms with Crippen molar-refractivity contribution in [1.82, 2.24) is 21.3 Å². The van der Waals surface area contributed by atoms with E-state index >= 15 is 0 Å². The predicted octanol–water partition coefficient (Wildman–Crippen LogP) is -4.21. The molecule has 0 fully saturated rings. The molecule has 7 amide bonds. The van der Waals surface area contributed by atoms with Crippen molar-refractivity contribution in [3.63, 3.8) is 0 Å². The van der Waals surface area contributed by atoms with Crippen LogP contribution in [0.1, 0.15) is 45.4 Å². The Hall–Kier alpha value is -3.46. The Labute approximate surface area is 196 Å². The lowest BCUT2D eigenvalue weighted by Gasteiger charge is -2.19. The fourth-order valence-corrected chi connectivity index (χ4v) is 2.75. The Balaban J connectivity index is 4.21. The number of aliphatic hydroxyl groups is 2. The van der Waals surface area contributed by atoms with Crippen molar-refractivity contribution in [2.75, 3.05) is 13.2 Å². The van der Waals surface area contributed by atoms with Crippen molar-refractivity contribution in [2.45, 2.75) is 69.7 Å². The molecule has 0 aromatic heterocycles. The van der Waals surface area contributed by atoms with Gasteiger partial charge < -0.3 is 48.7 Å². The average Bonchev–Trinajstić information content (AvgIpc) is 2.73. The number of amides is 7. The number of hydrogen-bond acceptors (Lipinski definition) is 8. The SMILES string of the molecule is CC(O)[C@H](NC(=O)CCCCCCNC(=O)[C@H](CO)NC(=O)N[C@@H](CC(N)=O)C(N)=O)C(N)=O. The molecular weight excluding hydrogens is 454 g/mol. The largest absolute Gasteiger partial charge is 0.394 e. The minimum Gasteiger partial charge on any atom is -0.394 e. The van der Waals surface area contributed by atoms with Crippen molar-refractivity contribution in [2.24, 2.45) is 17.2 Å². The van der Waals surface area contributed by atoms with Gasteiger partial charge in [-0.25, -0.2) is 4.79 Å². The molecule has 0 aliphatic rings. The Morgan fingerprint density at radius 1 is 0.824 bits per heavy atom. The lowest BCUT2D eigenvalue weighted by molar-refractivity contribution is -0.129. The van der Waals surface area contributed by atoms with E-state index in [2.05, 4.69) is 21.3 Å². The normalized spacial score (nSPS) is 14.1. The van der Waals surface area contributed by atoms with Crippen molar-refractivity contribution in [3.8, 4) is 0 Å². The van der Waals surface area contributed by atoms with E-state index in [0.717, 1.165) is 0 Å². The predicted molar refractivity (Wildman–Crippen MR) is 118 cm³/mol. The second-order valence-corrected chi connectivity index (χ2v) is 7.62. The molecule has 0 rings (SSSR count). The summed E-state index contributed by atoms with van der Waals surface area (Å²) in [7, 11) is 0. The van der Waals surface area contributed by atoms with Crippen LogP contribution in [0.3, 0.4) is 0 Å². The van der Waals surface area contributed by atoms with E-state index in [1.54, 1.807) is 0 Å². The van der Waals surface area contributed by atoms with E-state index in [4.69, 9.17) is 17.2 Å². The number of unbranched alkanes of at least 4 members (excludes halogenated alkanes) is 3. The molecule has 0 aromatic carbocycles. The van der Waals surface area contributed by atoms with E-state index in [-0.39, 0.29) is 13.0 Å². The molecule has 0 aliphatic heterocycles. The van der Waals surface area contributed by atoms with E-state index in [9.17, 15) is 39.0 Å². The van der Waals surface area contributed by atoms with Crippen LogP contribution in [0.4, 0.5) is 4.79 Å². The first kappa shape index (κ1) is 30.5. The van der Waals surface area contributed by atoms with Crippen LogP contribution in [-0.4, -0.2) is 83.2 Å². The summed E-state index contributed by atoms with van der Waals surface area (Å²) in [5, 5.41) is 27.9. The zero-order chi connectivity index (χ0) is 26.3. The Kier molecular flexibility index (Phi) is 14.6. The van der Waals surface area contributed by atoms with Gasteiger partial charge in [-0.1, -0.05) is 12.8 Å². The smallest absolute Gasteiger partial charge is 0.316 e. The van der Waals surface area contributed by atoms with Crippen molar-refractivity contribution in [3.05, 3.63) is 0 Å². The summed E-state index contributed by atoms with van der Waals surface area (Å²) in [6.07, 6.45) is 0.888. The Morgan fingerprint density at radius 2 is 1.41 bits per heavy atom. The first-order valence-corrected chi connectivity index (χ1v) is 10.7. The fraction of sp³-hybridized carbons (Fsp3) is 0.684. The maximum Gasteiger partial charge on any atom is 0.316 e. The van der Waals surface area contributed by atoms with Gasteiger partial charge in [0.05, 0.1) is 19.1 Å². The van der Waals surface area contributed by atoms with Crippen LogP contribution in [0.5, 0.6) is 0 Å². The van der Waals surface area contributed by atoms with Crippen molar-refractivity contribution >= 4 is 35.6 Å². The Bertz CT molecular complexity index is 731. The molecular formula is C19H35N7O8. The summed E-state index contributed by atoms with van der Waals surface area (Å²) < 4.78 is 0. The van der Waals surface area contributed by atoms with Crippen molar-refractivity contribution in [1.29, 1.82) is 0 Å². The monoisotopic (exact) mass is 489 g/mol. The molecule has 1 unspecified atom stereocenters. The average molecular weight is 490 g/mol. The van der Waals surface area contributed by atoms with Gasteiger partial charge >= 0.3 is 6.03 Å². The highest BCUT2D eigenvalue weighted by molar-refractivity contribution is 5.92. The van der Waals surface area contributed by atoms with Gasteiger partial charge in [-0.05, 0) is 19.8 Å². The third-order valence-electron chi connectivity index (χ3n) is 4.59. The van der Waals surface area contributed by atoms with Gasteiger partial charge in [-0.2, -0.15) is 0 Å². The quantitative estimate of drug-likeness (QED) is 0.0901. The molecule has 0 aromatic rings. The molecule has 0 spiro atoms. The van der Waals surface area contributed by atoms with E-state index in [1.165, 1.54) is 6.92 Å². The van der Waals surface area contributed by atoms with Gasteiger partial charge in [-0.3, -0.25) is 24.0 Å². The van der Waals surface area contributed by atoms with Gasteiger partial charge in [0.25, 0.3) is 0 Å². The third kappa shape index (κ3) is 13.2. The molecule has 0 bridgehead atoms. The van der Waals surface area contributed by atoms with Gasteiger partial charge in [0.2, 0.25) is 29.5 Å². The van der Waals surface area contributed by atoms with Crippen LogP contribution in [0.15, 0.2) is 0 Å². The second-order valence-electron chi connectivity index (χ2n) is 7.62. The maximum atomic E-state index is 12.1. The topological polar surface area (TPSA) is 269 Å². The van der Waals surface area contributed by atoms with E-state index in [0.29, 0.717) is 25.7 Å². The lowest BCUT2D eigenvalue weighted by atomic mass is 10.1. The lowest BCUT2D eigenvalue weighted by Crippen LogP contribution is -2.56. The number of urea groups is 1. The van der Waals surface area contributed by atoms with E-state index < -0.39 is 72.8 Å². The van der Waals surface area contributed by atoms with Crippen LogP contribution in [0.25, 0.3) is 0 Å². The number of primary amides is 3. The number of nitrogens with one attached hydrogen (secondary N) is 4. The standard InChI is InChI=1S/C19H35N7O8/c1-10(28)15(17(22)32)26-14(30)6-4-2-3-5-7-23-18(33)12(9-27)25-19(34)24-11(16(21)31)8-13(20)29/h10-12,15,27-28H,2-9H2,1H3,(H2,20,29)(H2,21,31)(H2,22,32)(H,23,33)(H,26,30)(H2,24,25,34)/t10?,11-,12-,15-/m0/s1. The summed E-state index contributed by atoms with van der Waals surface area (Å²) in [6.45, 7) is 0.863. The molecule has 0 radical (unpaired) electrons. The first-order valence-electron chi connectivity index (χ1n) is 10.7. The highest BCUT2D eigenvalue weighted by Gasteiger charge is 2.25. The van der Waals surface area contributed by atoms with Crippen LogP contribution >= 0.6 is 0 Å². The molecule has 34 heavy (non-hydrogen) atoms. The highest BCUT2D eigenvalue weighted by atomic mass is 16.3. The molecule has 0 saturated heterocycles. The van der Waals surface area contributed by atoms with Crippen LogP contribution < -0.4 is 38.5 Å². The number of hydrogen-bond donors (Lipinski definition) is 9. The number of aliphatic hydroxyl groups excluding tert-OH is 2. The number of carbonyl (C=O) groups excluding carboxylic acids is 6. The van der Waals surface area contributed by atoms with Gasteiger partial charge in [0, 0.05) is 13.0 Å². The zero-order valence-corrected chi connectivity index (χ0v) is 19.0. The summed E-state index contributed by atoms with van der Waals surface area (Å²) in [5.74, 6) is -3.77. The number of rotatable bonds is 17. The van der Waals surface area contributed by atoms with Gasteiger partial charge in [-0.15, -0.1) is 0 Å². The summed E-state index contributed by atoms with van der Waals surface area (Å²) in [5.41, 5.74) is 15.1. The third-order valence-corrected chi connectivity index (χ3v) is 4.59. The van der Waals surface area contributed by atoms with Crippen LogP contribution in [-0.2, 0) is 24.0 Å². The number of carbonyl (C=O) groups is 6. The Morgan fingerprint density at radius 3 is 1.91 bits per heavy atom. The molecule has 4 atom stereocenters. The molecule has 15 nitrogen and oxygen atoms in total. The van der Waals surface area contributed by atoms with Gasteiger partial charge in [0.15, 0.2) is 0 Å². The summed E-state index contributed by atoms with van der Waals surface area (Å²) in [4.78, 5) is 69.1. The van der Waals surface area contributed by atoms with E-state index in [1.807, 2.05) is 0 Å². The van der Waals surface area contributed by atoms with Crippen molar-refractivity contribution < 1.29 is 39.0 Å². The summed E-state index contributed by atoms with van der Waals surface area (Å²) >= 11 is 0. The molecule has 0 aliphatic carbocycles. The number of nitrogens with two attached hydrogens (primary N) is 3. The first-order chi connectivity index (χ1) is 15.9. The zero-order valence-electron chi connectivity index (χ0n) is 19.0. The molecule has 194 valence electrons. The second kappa shape index (κ2) is 16.2. The van der Waals surface area contributed by atoms with Gasteiger partial charge in [0.1, 0.15) is 18.1 Å². The summed E-state index contributed by atoms with van der Waals surface area (Å²) in [6, 6.07) is -4.82. The highest BCUT2D eigenvalue weighted by Crippen LogP contribution is 2.03. The maximum absolute atomic E-state index is 12.1. The minimum absolute atomic E-state index is 0.135. The fourth-order valence-electron chi connectivity index (χ4n) is 2.75. The van der Waals surface area contributed by atoms with Crippen LogP contribution in [0.2, 0.25) is 0 Å². The van der Waals surface area contributed by atoms with Crippen LogP contribution in [0, 0.1) is 0 Å². The molecule has 0 saturated carbocycles.